The first-order chi connectivity index (χ1) is 18.6. The fourth-order valence-corrected chi connectivity index (χ4v) is 5.42. The molecule has 0 aliphatic carbocycles. The number of thiocarbonyl (C=S) groups is 1. The first-order valence-electron chi connectivity index (χ1n) is 13.0. The number of aromatic carboxylic acids is 2. The van der Waals surface area contributed by atoms with Gasteiger partial charge in [0.25, 0.3) is 5.91 Å². The third kappa shape index (κ3) is 8.06. The molecular formula is C29H33NO7S2. The van der Waals surface area contributed by atoms with Crippen molar-refractivity contribution in [3.63, 3.8) is 0 Å². The summed E-state index contributed by atoms with van der Waals surface area (Å²) in [6, 6.07) is 8.94. The molecule has 1 saturated heterocycles. The van der Waals surface area contributed by atoms with Crippen molar-refractivity contribution in [1.82, 2.24) is 0 Å². The molecule has 1 aliphatic rings. The van der Waals surface area contributed by atoms with Crippen LogP contribution in [0.4, 0.5) is 5.69 Å². The topological polar surface area (TPSA) is 113 Å². The van der Waals surface area contributed by atoms with E-state index in [9.17, 15) is 24.6 Å². The second-order valence-electron chi connectivity index (χ2n) is 9.17. The summed E-state index contributed by atoms with van der Waals surface area (Å²) >= 11 is 6.44. The normalized spacial score (nSPS) is 15.1. The molecule has 2 aromatic carbocycles. The highest BCUT2D eigenvalue weighted by Crippen LogP contribution is 2.38. The molecule has 3 rings (SSSR count). The molecule has 2 aromatic rings. The number of carbonyl (C=O) groups is 3. The zero-order valence-electron chi connectivity index (χ0n) is 22.3. The van der Waals surface area contributed by atoms with Crippen molar-refractivity contribution in [3.05, 3.63) is 58.0 Å². The first kappa shape index (κ1) is 30.2. The summed E-state index contributed by atoms with van der Waals surface area (Å²) in [5.74, 6) is -1.89. The van der Waals surface area contributed by atoms with Crippen LogP contribution in [-0.2, 0) is 4.79 Å². The maximum atomic E-state index is 13.3. The molecule has 0 radical (unpaired) electrons. The highest BCUT2D eigenvalue weighted by Gasteiger charge is 2.34. The SMILES string of the molecule is CCCCCCCC(C)Oc1ccc(/C=C2/SC(=S)N(c3cc(C(=O)O)cc(C(=O)O)c3)C2=O)cc1OCC. The number of rotatable bonds is 14. The lowest BCUT2D eigenvalue weighted by molar-refractivity contribution is -0.113. The number of carbonyl (C=O) groups excluding carboxylic acids is 1. The van der Waals surface area contributed by atoms with Gasteiger partial charge in [-0.25, -0.2) is 9.59 Å². The van der Waals surface area contributed by atoms with E-state index in [1.54, 1.807) is 12.1 Å². The van der Waals surface area contributed by atoms with Gasteiger partial charge in [0.2, 0.25) is 0 Å². The number of benzene rings is 2. The number of amides is 1. The Morgan fingerprint density at radius 1 is 1.00 bits per heavy atom. The van der Waals surface area contributed by atoms with Crippen molar-refractivity contribution in [2.75, 3.05) is 11.5 Å². The molecule has 1 unspecified atom stereocenters. The Morgan fingerprint density at radius 2 is 1.67 bits per heavy atom. The van der Waals surface area contributed by atoms with Gasteiger partial charge in [-0.3, -0.25) is 9.69 Å². The minimum absolute atomic E-state index is 0.0326. The maximum Gasteiger partial charge on any atom is 0.335 e. The molecule has 0 bridgehead atoms. The Bertz CT molecular complexity index is 1240. The zero-order chi connectivity index (χ0) is 28.5. The molecule has 1 fully saturated rings. The summed E-state index contributed by atoms with van der Waals surface area (Å²) in [4.78, 5) is 37.8. The molecule has 39 heavy (non-hydrogen) atoms. The molecule has 1 atom stereocenters. The highest BCUT2D eigenvalue weighted by atomic mass is 32.2. The van der Waals surface area contributed by atoms with E-state index in [0.717, 1.165) is 35.6 Å². The second-order valence-corrected chi connectivity index (χ2v) is 10.8. The molecule has 2 N–H and O–H groups in total. The number of hydrogen-bond donors (Lipinski definition) is 2. The van der Waals surface area contributed by atoms with Gasteiger partial charge in [0.05, 0.1) is 34.4 Å². The Kier molecular flexibility index (Phi) is 10.9. The lowest BCUT2D eigenvalue weighted by Gasteiger charge is -2.18. The van der Waals surface area contributed by atoms with Gasteiger partial charge >= 0.3 is 11.9 Å². The third-order valence-corrected chi connectivity index (χ3v) is 7.37. The Morgan fingerprint density at radius 3 is 2.28 bits per heavy atom. The molecule has 1 heterocycles. The molecule has 10 heteroatoms. The molecular weight excluding hydrogens is 538 g/mol. The predicted molar refractivity (Wildman–Crippen MR) is 157 cm³/mol. The van der Waals surface area contributed by atoms with Crippen LogP contribution in [0.2, 0.25) is 0 Å². The lowest BCUT2D eigenvalue weighted by Crippen LogP contribution is -2.28. The number of hydrogen-bond acceptors (Lipinski definition) is 7. The molecule has 0 aromatic heterocycles. The Labute approximate surface area is 238 Å². The quantitative estimate of drug-likeness (QED) is 0.140. The molecule has 208 valence electrons. The van der Waals surface area contributed by atoms with E-state index in [0.29, 0.717) is 28.6 Å². The van der Waals surface area contributed by atoms with Crippen molar-refractivity contribution < 1.29 is 34.1 Å². The number of thioether (sulfide) groups is 1. The zero-order valence-corrected chi connectivity index (χ0v) is 23.9. The minimum atomic E-state index is -1.31. The van der Waals surface area contributed by atoms with Crippen LogP contribution in [0.1, 0.15) is 85.6 Å². The Balaban J connectivity index is 1.81. The van der Waals surface area contributed by atoms with Gasteiger partial charge in [-0.1, -0.05) is 62.7 Å². The van der Waals surface area contributed by atoms with Crippen molar-refractivity contribution in [2.45, 2.75) is 65.4 Å². The fourth-order valence-electron chi connectivity index (χ4n) is 4.12. The van der Waals surface area contributed by atoms with Gasteiger partial charge in [-0.05, 0) is 68.7 Å². The molecule has 0 saturated carbocycles. The second kappa shape index (κ2) is 14.1. The van der Waals surface area contributed by atoms with Crippen molar-refractivity contribution in [1.29, 1.82) is 0 Å². The summed E-state index contributed by atoms with van der Waals surface area (Å²) in [6.45, 7) is 6.57. The van der Waals surface area contributed by atoms with Crippen molar-refractivity contribution in [2.24, 2.45) is 0 Å². The largest absolute Gasteiger partial charge is 0.490 e. The van der Waals surface area contributed by atoms with Crippen LogP contribution in [0.15, 0.2) is 41.3 Å². The number of anilines is 1. The van der Waals surface area contributed by atoms with E-state index in [1.165, 1.54) is 37.8 Å². The van der Waals surface area contributed by atoms with Crippen molar-refractivity contribution >= 4 is 57.9 Å². The Hall–Kier alpha value is -3.37. The van der Waals surface area contributed by atoms with E-state index in [2.05, 4.69) is 6.92 Å². The molecule has 1 aliphatic heterocycles. The first-order valence-corrected chi connectivity index (χ1v) is 14.2. The van der Waals surface area contributed by atoms with Crippen LogP contribution >= 0.6 is 24.0 Å². The standard InChI is InChI=1S/C29H33NO7S2/c1-4-6-7-8-9-10-18(3)37-23-12-11-19(13-24(23)36-5-2)14-25-26(31)30(29(38)39-25)22-16-20(27(32)33)15-21(17-22)28(34)35/h11-18H,4-10H2,1-3H3,(H,32,33)(H,34,35)/b25-14+. The fraction of sp³-hybridized carbons (Fsp3) is 0.379. The van der Waals surface area contributed by atoms with Crippen LogP contribution in [0.25, 0.3) is 6.08 Å². The summed E-state index contributed by atoms with van der Waals surface area (Å²) in [5, 5.41) is 18.8. The van der Waals surface area contributed by atoms with Gasteiger partial charge in [0.15, 0.2) is 15.8 Å². The summed E-state index contributed by atoms with van der Waals surface area (Å²) < 4.78 is 12.1. The maximum absolute atomic E-state index is 13.3. The van der Waals surface area contributed by atoms with Crippen LogP contribution in [0.3, 0.4) is 0 Å². The van der Waals surface area contributed by atoms with Crippen LogP contribution in [0, 0.1) is 0 Å². The molecule has 0 spiro atoms. The van der Waals surface area contributed by atoms with Gasteiger partial charge in [0, 0.05) is 0 Å². The third-order valence-electron chi connectivity index (χ3n) is 6.07. The van der Waals surface area contributed by atoms with Crippen LogP contribution in [0.5, 0.6) is 11.5 Å². The van der Waals surface area contributed by atoms with E-state index in [-0.39, 0.29) is 27.2 Å². The van der Waals surface area contributed by atoms with E-state index < -0.39 is 17.8 Å². The number of unbranched alkanes of at least 4 members (excludes halogenated alkanes) is 4. The van der Waals surface area contributed by atoms with Crippen LogP contribution in [-0.4, -0.2) is 45.1 Å². The smallest absolute Gasteiger partial charge is 0.335 e. The average Bonchev–Trinajstić information content (AvgIpc) is 3.17. The van der Waals surface area contributed by atoms with Crippen LogP contribution < -0.4 is 14.4 Å². The van der Waals surface area contributed by atoms with Gasteiger partial charge < -0.3 is 19.7 Å². The average molecular weight is 572 g/mol. The summed E-state index contributed by atoms with van der Waals surface area (Å²) in [7, 11) is 0. The van der Waals surface area contributed by atoms with E-state index >= 15 is 0 Å². The predicted octanol–water partition coefficient (Wildman–Crippen LogP) is 7.02. The molecule has 8 nitrogen and oxygen atoms in total. The van der Waals surface area contributed by atoms with Crippen molar-refractivity contribution in [3.8, 4) is 11.5 Å². The number of carboxylic acids is 2. The summed E-state index contributed by atoms with van der Waals surface area (Å²) in [5.41, 5.74) is 0.273. The van der Waals surface area contributed by atoms with E-state index in [4.69, 9.17) is 21.7 Å². The number of carboxylic acid groups (broad SMARTS) is 2. The minimum Gasteiger partial charge on any atom is -0.490 e. The monoisotopic (exact) mass is 571 g/mol. The molecule has 1 amide bonds. The van der Waals surface area contributed by atoms with Gasteiger partial charge in [-0.15, -0.1) is 0 Å². The van der Waals surface area contributed by atoms with Gasteiger partial charge in [0.1, 0.15) is 0 Å². The summed E-state index contributed by atoms with van der Waals surface area (Å²) in [6.07, 6.45) is 8.65. The highest BCUT2D eigenvalue weighted by molar-refractivity contribution is 8.27. The van der Waals surface area contributed by atoms with E-state index in [1.807, 2.05) is 26.0 Å². The van der Waals surface area contributed by atoms with Gasteiger partial charge in [-0.2, -0.15) is 0 Å². The lowest BCUT2D eigenvalue weighted by atomic mass is 10.1. The number of nitrogens with zero attached hydrogens (tertiary/aromatic N) is 1. The number of ether oxygens (including phenoxy) is 2.